The van der Waals surface area contributed by atoms with Crippen LogP contribution >= 0.6 is 0 Å². The van der Waals surface area contributed by atoms with Gasteiger partial charge < -0.3 is 14.8 Å². The van der Waals surface area contributed by atoms with Gasteiger partial charge in [-0.2, -0.15) is 5.10 Å². The summed E-state index contributed by atoms with van der Waals surface area (Å²) in [5.41, 5.74) is 1.39. The second kappa shape index (κ2) is 9.13. The van der Waals surface area contributed by atoms with E-state index < -0.39 is 0 Å². The Kier molecular flexibility index (Phi) is 6.35. The number of nitrogens with one attached hydrogen (secondary N) is 1. The summed E-state index contributed by atoms with van der Waals surface area (Å²) in [5.74, 6) is 1.19. The molecule has 2 atom stereocenters. The van der Waals surface area contributed by atoms with Gasteiger partial charge in [-0.15, -0.1) is 0 Å². The van der Waals surface area contributed by atoms with Crippen LogP contribution in [-0.4, -0.2) is 66.6 Å². The van der Waals surface area contributed by atoms with Crippen molar-refractivity contribution in [3.05, 3.63) is 23.9 Å². The van der Waals surface area contributed by atoms with Crippen molar-refractivity contribution in [1.82, 2.24) is 20.0 Å². The van der Waals surface area contributed by atoms with Gasteiger partial charge in [0.2, 0.25) is 0 Å². The summed E-state index contributed by atoms with van der Waals surface area (Å²) in [6, 6.07) is 6.06. The zero-order valence-corrected chi connectivity index (χ0v) is 17.5. The van der Waals surface area contributed by atoms with Crippen molar-refractivity contribution in [2.24, 2.45) is 5.92 Å². The maximum absolute atomic E-state index is 13.1. The summed E-state index contributed by atoms with van der Waals surface area (Å²) < 4.78 is 13.0. The van der Waals surface area contributed by atoms with Crippen molar-refractivity contribution >= 4 is 16.8 Å². The Morgan fingerprint density at radius 3 is 2.79 bits per heavy atom. The van der Waals surface area contributed by atoms with Crippen molar-refractivity contribution < 1.29 is 14.3 Å². The first-order valence-electron chi connectivity index (χ1n) is 10.8. The number of methoxy groups -OCH3 is 1. The van der Waals surface area contributed by atoms with Crippen LogP contribution in [0.1, 0.15) is 43.1 Å². The summed E-state index contributed by atoms with van der Waals surface area (Å²) >= 11 is 0. The van der Waals surface area contributed by atoms with Gasteiger partial charge in [0, 0.05) is 31.1 Å². The van der Waals surface area contributed by atoms with Crippen LogP contribution in [0.4, 0.5) is 0 Å². The Hall–Kier alpha value is -2.12. The summed E-state index contributed by atoms with van der Waals surface area (Å²) in [5, 5.41) is 8.84. The number of carbonyl (C=O) groups is 1. The van der Waals surface area contributed by atoms with Crippen LogP contribution in [0.15, 0.2) is 18.2 Å². The molecule has 2 aliphatic rings. The van der Waals surface area contributed by atoms with Crippen LogP contribution < -0.4 is 10.1 Å². The van der Waals surface area contributed by atoms with Gasteiger partial charge in [0.1, 0.15) is 11.3 Å². The summed E-state index contributed by atoms with van der Waals surface area (Å²) in [4.78, 5) is 15.5. The van der Waals surface area contributed by atoms with Crippen LogP contribution in [0.2, 0.25) is 0 Å². The number of hydrogen-bond acceptors (Lipinski definition) is 5. The molecule has 158 valence electrons. The molecule has 1 N–H and O–H groups in total. The topological polar surface area (TPSA) is 68.6 Å². The number of nitrogens with zero attached hydrogens (tertiary/aromatic N) is 3. The number of benzene rings is 1. The molecule has 0 bridgehead atoms. The van der Waals surface area contributed by atoms with Gasteiger partial charge in [-0.3, -0.25) is 14.4 Å². The Labute approximate surface area is 172 Å². The summed E-state index contributed by atoms with van der Waals surface area (Å²) in [6.45, 7) is 7.23. The Balaban J connectivity index is 1.59. The normalized spacial score (nSPS) is 23.2. The van der Waals surface area contributed by atoms with Gasteiger partial charge in [0.05, 0.1) is 26.9 Å². The molecule has 7 nitrogen and oxygen atoms in total. The Morgan fingerprint density at radius 2 is 2.03 bits per heavy atom. The average molecular weight is 401 g/mol. The van der Waals surface area contributed by atoms with Crippen LogP contribution in [0.5, 0.6) is 5.75 Å². The standard InChI is InChI=1S/C22H32N4O3/c1-16-6-3-4-8-18(16)23-22(27)20-17-7-5-9-19(28-2)21(17)26(24-20)11-10-25-12-14-29-15-13-25/h5,7,9,16,18H,3-4,6,8,10-15H2,1-2H3,(H,23,27). The molecule has 1 saturated heterocycles. The van der Waals surface area contributed by atoms with E-state index in [1.54, 1.807) is 7.11 Å². The molecular weight excluding hydrogens is 368 g/mol. The van der Waals surface area contributed by atoms with Crippen molar-refractivity contribution in [2.75, 3.05) is 40.0 Å². The van der Waals surface area contributed by atoms with Gasteiger partial charge in [-0.1, -0.05) is 31.9 Å². The van der Waals surface area contributed by atoms with Crippen molar-refractivity contribution in [1.29, 1.82) is 0 Å². The van der Waals surface area contributed by atoms with Crippen molar-refractivity contribution in [3.63, 3.8) is 0 Å². The first kappa shape index (κ1) is 20.2. The molecule has 29 heavy (non-hydrogen) atoms. The molecule has 1 aliphatic carbocycles. The molecule has 2 aromatic rings. The van der Waals surface area contributed by atoms with E-state index in [0.29, 0.717) is 18.2 Å². The first-order chi connectivity index (χ1) is 14.2. The molecule has 0 radical (unpaired) electrons. The highest BCUT2D eigenvalue weighted by Crippen LogP contribution is 2.29. The van der Waals surface area contributed by atoms with Crippen LogP contribution in [0.3, 0.4) is 0 Å². The van der Waals surface area contributed by atoms with E-state index in [-0.39, 0.29) is 11.9 Å². The van der Waals surface area contributed by atoms with E-state index in [9.17, 15) is 4.79 Å². The van der Waals surface area contributed by atoms with Crippen molar-refractivity contribution in [3.8, 4) is 5.75 Å². The van der Waals surface area contributed by atoms with Crippen LogP contribution in [0.25, 0.3) is 10.9 Å². The van der Waals surface area contributed by atoms with Gasteiger partial charge in [0.15, 0.2) is 5.69 Å². The third-order valence-corrected chi connectivity index (χ3v) is 6.33. The number of fused-ring (bicyclic) bond motifs is 1. The van der Waals surface area contributed by atoms with Crippen LogP contribution in [-0.2, 0) is 11.3 Å². The van der Waals surface area contributed by atoms with Crippen LogP contribution in [0, 0.1) is 5.92 Å². The molecule has 1 aromatic heterocycles. The fraction of sp³-hybridized carbons (Fsp3) is 0.636. The highest BCUT2D eigenvalue weighted by molar-refractivity contribution is 6.06. The molecule has 1 amide bonds. The zero-order valence-electron chi connectivity index (χ0n) is 17.5. The highest BCUT2D eigenvalue weighted by Gasteiger charge is 2.26. The minimum atomic E-state index is -0.0767. The molecule has 1 saturated carbocycles. The summed E-state index contributed by atoms with van der Waals surface area (Å²) in [7, 11) is 1.66. The Bertz CT molecular complexity index is 844. The van der Waals surface area contributed by atoms with Crippen molar-refractivity contribution in [2.45, 2.75) is 45.2 Å². The minimum absolute atomic E-state index is 0.0767. The lowest BCUT2D eigenvalue weighted by Gasteiger charge is -2.29. The molecule has 4 rings (SSSR count). The third-order valence-electron chi connectivity index (χ3n) is 6.33. The van der Waals surface area contributed by atoms with Gasteiger partial charge in [-0.05, 0) is 24.8 Å². The molecule has 1 aliphatic heterocycles. The predicted molar refractivity (Wildman–Crippen MR) is 112 cm³/mol. The number of amides is 1. The Morgan fingerprint density at radius 1 is 1.24 bits per heavy atom. The SMILES string of the molecule is COc1cccc2c(C(=O)NC3CCCCC3C)nn(CCN3CCOCC3)c12. The largest absolute Gasteiger partial charge is 0.494 e. The maximum atomic E-state index is 13.1. The predicted octanol–water partition coefficient (Wildman–Crippen LogP) is 2.69. The van der Waals surface area contributed by atoms with E-state index in [4.69, 9.17) is 14.6 Å². The van der Waals surface area contributed by atoms with E-state index in [2.05, 4.69) is 17.1 Å². The second-order valence-corrected chi connectivity index (χ2v) is 8.22. The number of para-hydroxylation sites is 1. The fourth-order valence-electron chi connectivity index (χ4n) is 4.53. The lowest BCUT2D eigenvalue weighted by atomic mass is 9.86. The number of rotatable bonds is 6. The number of carbonyl (C=O) groups excluding carboxylic acids is 1. The molecule has 1 aromatic carbocycles. The molecule has 7 heteroatoms. The van der Waals surface area contributed by atoms with E-state index in [0.717, 1.165) is 55.9 Å². The molecule has 2 unspecified atom stereocenters. The first-order valence-corrected chi connectivity index (χ1v) is 10.8. The lowest BCUT2D eigenvalue weighted by molar-refractivity contribution is 0.0361. The summed E-state index contributed by atoms with van der Waals surface area (Å²) in [6.07, 6.45) is 4.65. The molecule has 0 spiro atoms. The monoisotopic (exact) mass is 400 g/mol. The zero-order chi connectivity index (χ0) is 20.2. The smallest absolute Gasteiger partial charge is 0.272 e. The molecule has 2 fully saturated rings. The van der Waals surface area contributed by atoms with Gasteiger partial charge in [0.25, 0.3) is 5.91 Å². The van der Waals surface area contributed by atoms with Gasteiger partial charge >= 0.3 is 0 Å². The number of morpholine rings is 1. The fourth-order valence-corrected chi connectivity index (χ4v) is 4.53. The lowest BCUT2D eigenvalue weighted by Crippen LogP contribution is -2.41. The number of aromatic nitrogens is 2. The second-order valence-electron chi connectivity index (χ2n) is 8.22. The minimum Gasteiger partial charge on any atom is -0.494 e. The van der Waals surface area contributed by atoms with E-state index in [1.165, 1.54) is 19.3 Å². The van der Waals surface area contributed by atoms with E-state index >= 15 is 0 Å². The molecule has 2 heterocycles. The van der Waals surface area contributed by atoms with E-state index in [1.807, 2.05) is 22.9 Å². The average Bonchev–Trinajstić information content (AvgIpc) is 3.14. The number of hydrogen-bond donors (Lipinski definition) is 1. The highest BCUT2D eigenvalue weighted by atomic mass is 16.5. The van der Waals surface area contributed by atoms with Gasteiger partial charge in [-0.25, -0.2) is 0 Å². The maximum Gasteiger partial charge on any atom is 0.272 e. The molecular formula is C22H32N4O3. The number of ether oxygens (including phenoxy) is 2. The quantitative estimate of drug-likeness (QED) is 0.807. The third kappa shape index (κ3) is 4.41.